The van der Waals surface area contributed by atoms with Crippen molar-refractivity contribution < 1.29 is 9.18 Å². The molecule has 1 amide bonds. The summed E-state index contributed by atoms with van der Waals surface area (Å²) in [6, 6.07) is 9.63. The van der Waals surface area contributed by atoms with Gasteiger partial charge in [0.1, 0.15) is 5.82 Å². The molecule has 0 saturated heterocycles. The van der Waals surface area contributed by atoms with Gasteiger partial charge in [0.25, 0.3) is 5.91 Å². The number of pyridine rings is 1. The highest BCUT2D eigenvalue weighted by atomic mass is 19.1. The number of nitrogens with zero attached hydrogens (tertiary/aromatic N) is 3. The second-order valence-electron chi connectivity index (χ2n) is 5.72. The molecule has 5 nitrogen and oxygen atoms in total. The van der Waals surface area contributed by atoms with Crippen molar-refractivity contribution in [2.45, 2.75) is 26.3 Å². The number of hydrogen-bond donors (Lipinski definition) is 1. The highest BCUT2D eigenvalue weighted by molar-refractivity contribution is 5.95. The van der Waals surface area contributed by atoms with E-state index in [4.69, 9.17) is 0 Å². The van der Waals surface area contributed by atoms with E-state index in [0.29, 0.717) is 12.0 Å². The Balaban J connectivity index is 1.85. The number of carbonyl (C=O) groups excluding carboxylic acids is 1. The zero-order chi connectivity index (χ0) is 17.8. The monoisotopic (exact) mass is 338 g/mol. The van der Waals surface area contributed by atoms with Crippen molar-refractivity contribution >= 4 is 5.91 Å². The van der Waals surface area contributed by atoms with E-state index in [2.05, 4.69) is 15.4 Å². The first kappa shape index (κ1) is 16.8. The van der Waals surface area contributed by atoms with Crippen LogP contribution >= 0.6 is 0 Å². The van der Waals surface area contributed by atoms with E-state index in [1.54, 1.807) is 35.4 Å². The number of nitrogens with one attached hydrogen (secondary N) is 1. The van der Waals surface area contributed by atoms with Gasteiger partial charge in [0, 0.05) is 12.4 Å². The smallest absolute Gasteiger partial charge is 0.255 e. The summed E-state index contributed by atoms with van der Waals surface area (Å²) in [6.07, 6.45) is 5.57. The van der Waals surface area contributed by atoms with E-state index in [1.165, 1.54) is 12.1 Å². The van der Waals surface area contributed by atoms with Crippen LogP contribution in [-0.4, -0.2) is 20.7 Å². The summed E-state index contributed by atoms with van der Waals surface area (Å²) in [4.78, 5) is 16.6. The summed E-state index contributed by atoms with van der Waals surface area (Å²) >= 11 is 0. The highest BCUT2D eigenvalue weighted by Gasteiger charge is 2.19. The predicted octanol–water partition coefficient (Wildman–Crippen LogP) is 3.46. The normalized spacial score (nSPS) is 12.0. The maximum absolute atomic E-state index is 13.1. The topological polar surface area (TPSA) is 59.8 Å². The van der Waals surface area contributed by atoms with Gasteiger partial charge in [-0.25, -0.2) is 9.07 Å². The molecule has 0 aliphatic carbocycles. The van der Waals surface area contributed by atoms with Gasteiger partial charge in [-0.15, -0.1) is 0 Å². The van der Waals surface area contributed by atoms with Gasteiger partial charge in [0.05, 0.1) is 29.2 Å². The molecule has 2 heterocycles. The van der Waals surface area contributed by atoms with Gasteiger partial charge in [-0.05, 0) is 55.3 Å². The molecule has 2 aromatic heterocycles. The molecule has 3 rings (SSSR count). The van der Waals surface area contributed by atoms with Crippen molar-refractivity contribution in [3.63, 3.8) is 0 Å². The van der Waals surface area contributed by atoms with E-state index in [-0.39, 0.29) is 17.8 Å². The molecular formula is C19H19FN4O. The molecule has 3 aromatic rings. The minimum Gasteiger partial charge on any atom is -0.345 e. The van der Waals surface area contributed by atoms with Crippen LogP contribution in [0.15, 0.2) is 55.0 Å². The number of amides is 1. The number of rotatable bonds is 5. The summed E-state index contributed by atoms with van der Waals surface area (Å²) in [5.41, 5.74) is 3.01. The average molecular weight is 338 g/mol. The lowest BCUT2D eigenvalue weighted by Crippen LogP contribution is -2.27. The Labute approximate surface area is 145 Å². The summed E-state index contributed by atoms with van der Waals surface area (Å²) in [5, 5.41) is 7.29. The molecule has 6 heteroatoms. The minimum absolute atomic E-state index is 0.144. The van der Waals surface area contributed by atoms with Gasteiger partial charge in [-0.2, -0.15) is 5.10 Å². The van der Waals surface area contributed by atoms with Crippen LogP contribution in [0.4, 0.5) is 4.39 Å². The lowest BCUT2D eigenvalue weighted by atomic mass is 10.1. The van der Waals surface area contributed by atoms with Gasteiger partial charge in [0.15, 0.2) is 0 Å². The van der Waals surface area contributed by atoms with Crippen molar-refractivity contribution in [3.8, 4) is 5.69 Å². The molecule has 1 atom stereocenters. The third-order valence-corrected chi connectivity index (χ3v) is 4.07. The maximum atomic E-state index is 13.1. The first-order valence-corrected chi connectivity index (χ1v) is 8.13. The molecule has 1 aromatic carbocycles. The zero-order valence-electron chi connectivity index (χ0n) is 14.1. The molecule has 0 unspecified atom stereocenters. The second kappa shape index (κ2) is 7.25. The molecule has 0 spiro atoms. The van der Waals surface area contributed by atoms with Crippen molar-refractivity contribution in [2.75, 3.05) is 0 Å². The molecule has 1 N–H and O–H groups in total. The summed E-state index contributed by atoms with van der Waals surface area (Å²) in [7, 11) is 0. The van der Waals surface area contributed by atoms with Gasteiger partial charge in [-0.3, -0.25) is 9.78 Å². The van der Waals surface area contributed by atoms with Crippen LogP contribution in [0.1, 0.15) is 41.5 Å². The van der Waals surface area contributed by atoms with Crippen molar-refractivity contribution in [1.82, 2.24) is 20.1 Å². The van der Waals surface area contributed by atoms with Crippen LogP contribution in [0.5, 0.6) is 0 Å². The van der Waals surface area contributed by atoms with Crippen LogP contribution in [-0.2, 0) is 6.42 Å². The Morgan fingerprint density at radius 3 is 2.52 bits per heavy atom. The fourth-order valence-corrected chi connectivity index (χ4v) is 2.72. The molecular weight excluding hydrogens is 319 g/mol. The molecule has 0 saturated carbocycles. The number of benzene rings is 1. The Kier molecular flexibility index (Phi) is 4.88. The number of halogens is 1. The van der Waals surface area contributed by atoms with Crippen LogP contribution in [0.25, 0.3) is 5.69 Å². The van der Waals surface area contributed by atoms with Crippen molar-refractivity contribution in [1.29, 1.82) is 0 Å². The van der Waals surface area contributed by atoms with Gasteiger partial charge < -0.3 is 5.32 Å². The van der Waals surface area contributed by atoms with E-state index >= 15 is 0 Å². The largest absolute Gasteiger partial charge is 0.345 e. The van der Waals surface area contributed by atoms with E-state index < -0.39 is 0 Å². The molecule has 0 aliphatic heterocycles. The van der Waals surface area contributed by atoms with Crippen LogP contribution in [0.3, 0.4) is 0 Å². The Morgan fingerprint density at radius 1 is 1.20 bits per heavy atom. The van der Waals surface area contributed by atoms with Gasteiger partial charge >= 0.3 is 0 Å². The zero-order valence-corrected chi connectivity index (χ0v) is 14.1. The third-order valence-electron chi connectivity index (χ3n) is 4.07. The second-order valence-corrected chi connectivity index (χ2v) is 5.72. The van der Waals surface area contributed by atoms with Crippen LogP contribution in [0.2, 0.25) is 0 Å². The summed E-state index contributed by atoms with van der Waals surface area (Å²) in [6.45, 7) is 3.88. The van der Waals surface area contributed by atoms with Gasteiger partial charge in [-0.1, -0.05) is 6.92 Å². The molecule has 25 heavy (non-hydrogen) atoms. The fourth-order valence-electron chi connectivity index (χ4n) is 2.72. The maximum Gasteiger partial charge on any atom is 0.255 e. The van der Waals surface area contributed by atoms with E-state index in [0.717, 1.165) is 16.9 Å². The predicted molar refractivity (Wildman–Crippen MR) is 93.0 cm³/mol. The Morgan fingerprint density at radius 2 is 1.88 bits per heavy atom. The lowest BCUT2D eigenvalue weighted by molar-refractivity contribution is 0.0939. The molecule has 0 bridgehead atoms. The number of aromatic nitrogens is 3. The van der Waals surface area contributed by atoms with E-state index in [9.17, 15) is 9.18 Å². The summed E-state index contributed by atoms with van der Waals surface area (Å²) in [5.74, 6) is -0.493. The Bertz CT molecular complexity index is 859. The SMILES string of the molecule is CCc1c(C(=O)N[C@H](C)c2ccncc2)cnn1-c1ccc(F)cc1. The highest BCUT2D eigenvalue weighted by Crippen LogP contribution is 2.18. The van der Waals surface area contributed by atoms with Crippen molar-refractivity contribution in [2.24, 2.45) is 0 Å². The number of carbonyl (C=O) groups is 1. The molecule has 0 fully saturated rings. The first-order chi connectivity index (χ1) is 12.1. The first-order valence-electron chi connectivity index (χ1n) is 8.13. The summed E-state index contributed by atoms with van der Waals surface area (Å²) < 4.78 is 14.8. The molecule has 128 valence electrons. The van der Waals surface area contributed by atoms with Crippen LogP contribution in [0, 0.1) is 5.82 Å². The van der Waals surface area contributed by atoms with Crippen LogP contribution < -0.4 is 5.32 Å². The van der Waals surface area contributed by atoms with E-state index in [1.807, 2.05) is 26.0 Å². The third kappa shape index (κ3) is 3.57. The molecule has 0 radical (unpaired) electrons. The Hall–Kier alpha value is -3.02. The standard InChI is InChI=1S/C19H19FN4O/c1-3-18-17(12-22-24(18)16-6-4-15(20)5-7-16)19(25)23-13(2)14-8-10-21-11-9-14/h4-13H,3H2,1-2H3,(H,23,25)/t13-/m1/s1. The van der Waals surface area contributed by atoms with Crippen molar-refractivity contribution in [3.05, 3.63) is 77.6 Å². The molecule has 0 aliphatic rings. The minimum atomic E-state index is -0.307. The number of hydrogen-bond acceptors (Lipinski definition) is 3. The average Bonchev–Trinajstić information content (AvgIpc) is 3.07. The quantitative estimate of drug-likeness (QED) is 0.775. The van der Waals surface area contributed by atoms with Gasteiger partial charge in [0.2, 0.25) is 0 Å². The fraction of sp³-hybridized carbons (Fsp3) is 0.211. The lowest BCUT2D eigenvalue weighted by Gasteiger charge is -2.14.